The molecule has 6 aromatic rings. The number of rotatable bonds is 5. The van der Waals surface area contributed by atoms with Gasteiger partial charge in [0, 0.05) is 35.4 Å². The fourth-order valence-electron chi connectivity index (χ4n) is 4.90. The van der Waals surface area contributed by atoms with Gasteiger partial charge in [-0.1, -0.05) is 0 Å². The highest BCUT2D eigenvalue weighted by Gasteiger charge is 2.28. The maximum atomic E-state index is 13.3. The molecule has 0 unspecified atom stereocenters. The SMILES string of the molecule is COc1cc2oc(-c3ccc(O)cc3)cc(=O)c2c(O)c1-c1c(OC)cc2oc(-c3ccc(O)cc3)cc(=O)c2c1O. The largest absolute Gasteiger partial charge is 0.508 e. The highest BCUT2D eigenvalue weighted by molar-refractivity contribution is 6.03. The predicted molar refractivity (Wildman–Crippen MR) is 155 cm³/mol. The molecule has 0 aliphatic carbocycles. The number of hydrogen-bond donors (Lipinski definition) is 4. The van der Waals surface area contributed by atoms with Crippen LogP contribution in [0.15, 0.2) is 91.2 Å². The highest BCUT2D eigenvalue weighted by Crippen LogP contribution is 2.51. The summed E-state index contributed by atoms with van der Waals surface area (Å²) in [5.74, 6) is -0.624. The fraction of sp³-hybridized carbons (Fsp3) is 0.0625. The van der Waals surface area contributed by atoms with Crippen LogP contribution in [-0.2, 0) is 0 Å². The molecule has 4 N–H and O–H groups in total. The third-order valence-electron chi connectivity index (χ3n) is 6.91. The standard InChI is InChI=1S/C32H22O10/c1-39-23-13-25-27(19(35)11-21(41-25)15-3-7-17(33)8-4-15)31(37)29(23)30-24(40-2)14-26-28(32(30)38)20(36)12-22(42-26)16-5-9-18(34)10-6-16/h3-14,33-34,37-38H,1-2H3. The third kappa shape index (κ3) is 4.22. The quantitative estimate of drug-likeness (QED) is 0.203. The van der Waals surface area contributed by atoms with E-state index in [1.54, 1.807) is 24.3 Å². The van der Waals surface area contributed by atoms with Gasteiger partial charge in [0.05, 0.1) is 25.3 Å². The van der Waals surface area contributed by atoms with Crippen molar-refractivity contribution in [2.75, 3.05) is 14.2 Å². The molecule has 0 amide bonds. The van der Waals surface area contributed by atoms with Crippen LogP contribution in [0.2, 0.25) is 0 Å². The lowest BCUT2D eigenvalue weighted by Gasteiger charge is -2.18. The van der Waals surface area contributed by atoms with Crippen molar-refractivity contribution in [3.8, 4) is 68.3 Å². The van der Waals surface area contributed by atoms with Gasteiger partial charge in [-0.3, -0.25) is 9.59 Å². The Morgan fingerprint density at radius 2 is 0.905 bits per heavy atom. The molecule has 2 aromatic heterocycles. The number of benzene rings is 4. The van der Waals surface area contributed by atoms with Crippen molar-refractivity contribution in [1.29, 1.82) is 0 Å². The Labute approximate surface area is 236 Å². The second kappa shape index (κ2) is 9.93. The van der Waals surface area contributed by atoms with Crippen LogP contribution >= 0.6 is 0 Å². The smallest absolute Gasteiger partial charge is 0.197 e. The molecule has 0 radical (unpaired) electrons. The second-order valence-electron chi connectivity index (χ2n) is 9.39. The summed E-state index contributed by atoms with van der Waals surface area (Å²) in [7, 11) is 2.66. The first-order chi connectivity index (χ1) is 20.2. The van der Waals surface area contributed by atoms with Crippen LogP contribution in [-0.4, -0.2) is 34.6 Å². The lowest BCUT2D eigenvalue weighted by molar-refractivity contribution is 0.401. The lowest BCUT2D eigenvalue weighted by Crippen LogP contribution is -2.05. The molecule has 4 aromatic carbocycles. The molecule has 6 rings (SSSR count). The van der Waals surface area contributed by atoms with Crippen molar-refractivity contribution in [1.82, 2.24) is 0 Å². The van der Waals surface area contributed by atoms with Crippen LogP contribution < -0.4 is 20.3 Å². The first kappa shape index (κ1) is 26.3. The molecule has 0 saturated carbocycles. The topological polar surface area (TPSA) is 160 Å². The second-order valence-corrected chi connectivity index (χ2v) is 9.39. The summed E-state index contributed by atoms with van der Waals surface area (Å²) in [5.41, 5.74) is -0.345. The summed E-state index contributed by atoms with van der Waals surface area (Å²) < 4.78 is 22.9. The van der Waals surface area contributed by atoms with Crippen LogP contribution in [0, 0.1) is 0 Å². The molecule has 0 bridgehead atoms. The zero-order chi connectivity index (χ0) is 29.7. The number of methoxy groups -OCH3 is 2. The van der Waals surface area contributed by atoms with Crippen molar-refractivity contribution in [3.05, 3.63) is 93.2 Å². The van der Waals surface area contributed by atoms with Crippen LogP contribution in [0.25, 0.3) is 55.7 Å². The van der Waals surface area contributed by atoms with E-state index in [0.29, 0.717) is 11.1 Å². The van der Waals surface area contributed by atoms with E-state index in [9.17, 15) is 30.0 Å². The number of phenols is 4. The van der Waals surface area contributed by atoms with Gasteiger partial charge in [-0.05, 0) is 48.5 Å². The minimum Gasteiger partial charge on any atom is -0.508 e. The summed E-state index contributed by atoms with van der Waals surface area (Å²) in [5, 5.41) is 41.7. The number of aromatic hydroxyl groups is 4. The Kier molecular flexibility index (Phi) is 6.23. The van der Waals surface area contributed by atoms with E-state index in [-0.39, 0.29) is 67.6 Å². The minimum atomic E-state index is -0.585. The van der Waals surface area contributed by atoms with Gasteiger partial charge in [0.25, 0.3) is 0 Å². The molecule has 0 aliphatic heterocycles. The van der Waals surface area contributed by atoms with E-state index in [1.165, 1.54) is 62.8 Å². The zero-order valence-corrected chi connectivity index (χ0v) is 22.2. The monoisotopic (exact) mass is 566 g/mol. The summed E-state index contributed by atoms with van der Waals surface area (Å²) in [6.45, 7) is 0. The van der Waals surface area contributed by atoms with Crippen LogP contribution in [0.5, 0.6) is 34.5 Å². The Morgan fingerprint density at radius 1 is 0.548 bits per heavy atom. The minimum absolute atomic E-state index is 0.000902. The molecule has 2 heterocycles. The number of ether oxygens (including phenoxy) is 2. The van der Waals surface area contributed by atoms with Crippen molar-refractivity contribution in [2.24, 2.45) is 0 Å². The number of fused-ring (bicyclic) bond motifs is 2. The zero-order valence-electron chi connectivity index (χ0n) is 22.2. The van der Waals surface area contributed by atoms with Crippen molar-refractivity contribution >= 4 is 21.9 Å². The third-order valence-corrected chi connectivity index (χ3v) is 6.91. The molecule has 0 fully saturated rings. The first-order valence-corrected chi connectivity index (χ1v) is 12.5. The molecule has 0 atom stereocenters. The van der Waals surface area contributed by atoms with Crippen LogP contribution in [0.4, 0.5) is 0 Å². The molecule has 42 heavy (non-hydrogen) atoms. The summed E-state index contributed by atoms with van der Waals surface area (Å²) in [6, 6.07) is 17.2. The van der Waals surface area contributed by atoms with Crippen molar-refractivity contribution in [3.63, 3.8) is 0 Å². The average Bonchev–Trinajstić information content (AvgIpc) is 2.97. The first-order valence-electron chi connectivity index (χ1n) is 12.5. The maximum Gasteiger partial charge on any atom is 0.197 e. The Balaban J connectivity index is 1.60. The van der Waals surface area contributed by atoms with E-state index in [4.69, 9.17) is 18.3 Å². The lowest BCUT2D eigenvalue weighted by atomic mass is 9.96. The van der Waals surface area contributed by atoms with E-state index in [1.807, 2.05) is 0 Å². The average molecular weight is 567 g/mol. The Hall–Kier alpha value is -5.90. The van der Waals surface area contributed by atoms with Crippen LogP contribution in [0.1, 0.15) is 0 Å². The number of phenolic OH excluding ortho intramolecular Hbond substituents is 4. The van der Waals surface area contributed by atoms with Crippen molar-refractivity contribution in [2.45, 2.75) is 0 Å². The summed E-state index contributed by atoms with van der Waals surface area (Å²) >= 11 is 0. The van der Waals surface area contributed by atoms with Gasteiger partial charge in [-0.15, -0.1) is 0 Å². The van der Waals surface area contributed by atoms with Gasteiger partial charge in [-0.2, -0.15) is 0 Å². The Morgan fingerprint density at radius 3 is 1.24 bits per heavy atom. The van der Waals surface area contributed by atoms with Gasteiger partial charge >= 0.3 is 0 Å². The molecular weight excluding hydrogens is 544 g/mol. The molecule has 0 saturated heterocycles. The van der Waals surface area contributed by atoms with Crippen molar-refractivity contribution < 1.29 is 38.7 Å². The van der Waals surface area contributed by atoms with Gasteiger partial charge in [0.15, 0.2) is 10.9 Å². The van der Waals surface area contributed by atoms with Gasteiger partial charge in [0.1, 0.15) is 68.0 Å². The van der Waals surface area contributed by atoms with E-state index in [2.05, 4.69) is 0 Å². The normalized spacial score (nSPS) is 11.2. The predicted octanol–water partition coefficient (Wildman–Crippen LogP) is 5.74. The molecule has 10 nitrogen and oxygen atoms in total. The number of hydrogen-bond acceptors (Lipinski definition) is 10. The van der Waals surface area contributed by atoms with E-state index >= 15 is 0 Å². The maximum absolute atomic E-state index is 13.3. The van der Waals surface area contributed by atoms with E-state index in [0.717, 1.165) is 0 Å². The molecule has 10 heteroatoms. The molecule has 0 aliphatic rings. The molecular formula is C32H22O10. The van der Waals surface area contributed by atoms with Crippen LogP contribution in [0.3, 0.4) is 0 Å². The highest BCUT2D eigenvalue weighted by atomic mass is 16.5. The summed E-state index contributed by atoms with van der Waals surface area (Å²) in [6.07, 6.45) is 0. The molecule has 210 valence electrons. The van der Waals surface area contributed by atoms with Gasteiger partial charge < -0.3 is 38.7 Å². The summed E-state index contributed by atoms with van der Waals surface area (Å²) in [4.78, 5) is 26.5. The Bertz CT molecular complexity index is 1970. The van der Waals surface area contributed by atoms with E-state index < -0.39 is 22.4 Å². The fourth-order valence-corrected chi connectivity index (χ4v) is 4.90. The van der Waals surface area contributed by atoms with Gasteiger partial charge in [0.2, 0.25) is 0 Å². The van der Waals surface area contributed by atoms with Gasteiger partial charge in [-0.25, -0.2) is 0 Å². The molecule has 0 spiro atoms.